The Hall–Kier alpha value is -2.99. The molecular weight excluding hydrogens is 374 g/mol. The van der Waals surface area contributed by atoms with Gasteiger partial charge in [-0.3, -0.25) is 4.98 Å². The van der Waals surface area contributed by atoms with Crippen molar-refractivity contribution in [2.45, 2.75) is 50.7 Å². The smallest absolute Gasteiger partial charge is 0.151 e. The van der Waals surface area contributed by atoms with Crippen LogP contribution in [0.25, 0.3) is 22.4 Å². The second-order valence-corrected chi connectivity index (χ2v) is 8.57. The van der Waals surface area contributed by atoms with Crippen LogP contribution >= 0.6 is 0 Å². The summed E-state index contributed by atoms with van der Waals surface area (Å²) in [4.78, 5) is 6.59. The van der Waals surface area contributed by atoms with E-state index in [4.69, 9.17) is 0 Å². The monoisotopic (exact) mass is 401 g/mol. The van der Waals surface area contributed by atoms with Crippen molar-refractivity contribution in [2.75, 3.05) is 11.9 Å². The average molecular weight is 402 g/mol. The van der Waals surface area contributed by atoms with E-state index in [1.165, 1.54) is 12.8 Å². The first-order valence-corrected chi connectivity index (χ1v) is 10.7. The van der Waals surface area contributed by atoms with E-state index in [0.717, 1.165) is 35.5 Å². The molecule has 2 aliphatic heterocycles. The molecule has 1 unspecified atom stereocenters. The Bertz CT molecular complexity index is 1020. The van der Waals surface area contributed by atoms with Crippen molar-refractivity contribution >= 4 is 5.82 Å². The number of phenolic OH excluding ortho intramolecular Hbond substituents is 1. The van der Waals surface area contributed by atoms with Gasteiger partial charge in [-0.05, 0) is 68.5 Å². The first-order valence-electron chi connectivity index (χ1n) is 10.7. The number of nitrogens with zero attached hydrogens (tertiary/aromatic N) is 4. The lowest BCUT2D eigenvalue weighted by Gasteiger charge is -2.36. The normalized spacial score (nSPS) is 22.8. The molecule has 0 spiro atoms. The van der Waals surface area contributed by atoms with E-state index in [1.54, 1.807) is 6.07 Å². The van der Waals surface area contributed by atoms with Crippen molar-refractivity contribution in [1.29, 1.82) is 0 Å². The van der Waals surface area contributed by atoms with Gasteiger partial charge in [0, 0.05) is 48.2 Å². The molecule has 3 atom stereocenters. The van der Waals surface area contributed by atoms with Crippen molar-refractivity contribution in [3.8, 4) is 28.1 Å². The van der Waals surface area contributed by atoms with E-state index in [1.807, 2.05) is 49.5 Å². The van der Waals surface area contributed by atoms with Crippen molar-refractivity contribution in [1.82, 2.24) is 20.5 Å². The van der Waals surface area contributed by atoms with Crippen LogP contribution in [0.2, 0.25) is 0 Å². The maximum Gasteiger partial charge on any atom is 0.151 e. The number of piperidine rings is 1. The molecule has 2 aliphatic rings. The van der Waals surface area contributed by atoms with Crippen molar-refractivity contribution in [2.24, 2.45) is 0 Å². The van der Waals surface area contributed by atoms with Gasteiger partial charge in [0.15, 0.2) is 5.82 Å². The zero-order valence-electron chi connectivity index (χ0n) is 17.4. The number of aromatic hydroxyl groups is 1. The van der Waals surface area contributed by atoms with Crippen LogP contribution in [0.5, 0.6) is 5.75 Å². The molecule has 0 radical (unpaired) electrons. The number of nitrogens with one attached hydrogen (secondary N) is 1. The highest BCUT2D eigenvalue weighted by Crippen LogP contribution is 2.34. The van der Waals surface area contributed by atoms with Gasteiger partial charge in [-0.15, -0.1) is 10.2 Å². The molecule has 0 amide bonds. The van der Waals surface area contributed by atoms with Gasteiger partial charge in [0.05, 0.1) is 5.69 Å². The minimum absolute atomic E-state index is 0.193. The molecule has 4 heterocycles. The second kappa shape index (κ2) is 7.69. The Balaban J connectivity index is 1.34. The van der Waals surface area contributed by atoms with Gasteiger partial charge in [-0.2, -0.15) is 0 Å². The first-order chi connectivity index (χ1) is 14.6. The highest BCUT2D eigenvalue weighted by Gasteiger charge is 2.35. The van der Waals surface area contributed by atoms with Gasteiger partial charge in [-0.25, -0.2) is 0 Å². The summed E-state index contributed by atoms with van der Waals surface area (Å²) >= 11 is 0. The Kier molecular flexibility index (Phi) is 4.87. The number of phenols is 1. The van der Waals surface area contributed by atoms with E-state index in [0.29, 0.717) is 29.4 Å². The Morgan fingerprint density at radius 2 is 1.73 bits per heavy atom. The number of pyridine rings is 1. The van der Waals surface area contributed by atoms with Crippen LogP contribution in [-0.2, 0) is 0 Å². The van der Waals surface area contributed by atoms with Gasteiger partial charge in [0.2, 0.25) is 0 Å². The summed E-state index contributed by atoms with van der Waals surface area (Å²) in [7, 11) is 2.11. The number of fused-ring (bicyclic) bond motifs is 2. The number of benzene rings is 1. The fourth-order valence-corrected chi connectivity index (χ4v) is 4.75. The summed E-state index contributed by atoms with van der Waals surface area (Å²) in [5, 5.41) is 23.2. The highest BCUT2D eigenvalue weighted by molar-refractivity contribution is 5.74. The summed E-state index contributed by atoms with van der Waals surface area (Å²) in [6.45, 7) is 1.96. The lowest BCUT2D eigenvalue weighted by atomic mass is 9.98. The van der Waals surface area contributed by atoms with E-state index in [9.17, 15) is 5.11 Å². The van der Waals surface area contributed by atoms with Crippen molar-refractivity contribution in [3.63, 3.8) is 0 Å². The molecule has 30 heavy (non-hydrogen) atoms. The highest BCUT2D eigenvalue weighted by atomic mass is 16.3. The molecule has 2 aromatic heterocycles. The third kappa shape index (κ3) is 3.63. The number of hydrogen-bond acceptors (Lipinski definition) is 6. The van der Waals surface area contributed by atoms with Gasteiger partial charge < -0.3 is 15.3 Å². The van der Waals surface area contributed by atoms with E-state index in [-0.39, 0.29) is 5.75 Å². The molecule has 2 fully saturated rings. The van der Waals surface area contributed by atoms with E-state index < -0.39 is 0 Å². The SMILES string of the molecule is Cc1ccc(-c2ccc(-c3ccc(N(C)C4C[C@H]5CC[C@@H](C4)N5)nn3)c(O)c2)cn1. The largest absolute Gasteiger partial charge is 0.507 e. The Morgan fingerprint density at radius 1 is 0.967 bits per heavy atom. The number of hydrogen-bond donors (Lipinski definition) is 2. The summed E-state index contributed by atoms with van der Waals surface area (Å²) < 4.78 is 0. The summed E-state index contributed by atoms with van der Waals surface area (Å²) in [6.07, 6.45) is 6.71. The number of aryl methyl sites for hydroxylation is 1. The fraction of sp³-hybridized carbons (Fsp3) is 0.375. The molecule has 3 aromatic rings. The van der Waals surface area contributed by atoms with E-state index in [2.05, 4.69) is 32.4 Å². The van der Waals surface area contributed by atoms with Crippen LogP contribution in [0.4, 0.5) is 5.82 Å². The molecular formula is C24H27N5O. The van der Waals surface area contributed by atoms with Crippen LogP contribution < -0.4 is 10.2 Å². The molecule has 0 saturated carbocycles. The zero-order valence-corrected chi connectivity index (χ0v) is 17.4. The summed E-state index contributed by atoms with van der Waals surface area (Å²) in [5.74, 6) is 1.07. The third-order valence-electron chi connectivity index (χ3n) is 6.53. The first kappa shape index (κ1) is 19.0. The van der Waals surface area contributed by atoms with Gasteiger partial charge >= 0.3 is 0 Å². The zero-order chi connectivity index (χ0) is 20.7. The lowest BCUT2D eigenvalue weighted by Crippen LogP contribution is -2.47. The van der Waals surface area contributed by atoms with Crippen LogP contribution in [-0.4, -0.2) is 45.5 Å². The minimum Gasteiger partial charge on any atom is -0.507 e. The molecule has 2 saturated heterocycles. The van der Waals surface area contributed by atoms with Crippen molar-refractivity contribution in [3.05, 3.63) is 54.4 Å². The predicted octanol–water partition coefficient (Wildman–Crippen LogP) is 3.94. The number of anilines is 1. The molecule has 0 aliphatic carbocycles. The number of rotatable bonds is 4. The lowest BCUT2D eigenvalue weighted by molar-refractivity contribution is 0.353. The number of aromatic nitrogens is 3. The minimum atomic E-state index is 0.193. The predicted molar refractivity (Wildman–Crippen MR) is 118 cm³/mol. The molecule has 6 nitrogen and oxygen atoms in total. The summed E-state index contributed by atoms with van der Waals surface area (Å²) in [5.41, 5.74) is 4.22. The van der Waals surface area contributed by atoms with E-state index >= 15 is 0 Å². The molecule has 2 bridgehead atoms. The van der Waals surface area contributed by atoms with Crippen molar-refractivity contribution < 1.29 is 5.11 Å². The quantitative estimate of drug-likeness (QED) is 0.690. The molecule has 2 N–H and O–H groups in total. The van der Waals surface area contributed by atoms with Gasteiger partial charge in [0.1, 0.15) is 5.75 Å². The molecule has 1 aromatic carbocycles. The molecule has 154 valence electrons. The summed E-state index contributed by atoms with van der Waals surface area (Å²) in [6, 6.07) is 15.3. The maximum absolute atomic E-state index is 10.6. The molecule has 6 heteroatoms. The van der Waals surface area contributed by atoms with Crippen LogP contribution in [0, 0.1) is 6.92 Å². The van der Waals surface area contributed by atoms with Crippen LogP contribution in [0.1, 0.15) is 31.4 Å². The Labute approximate surface area is 177 Å². The standard InChI is InChI=1S/C24H27N5O/c1-15-3-4-17(14-25-15)16-5-8-21(23(30)11-16)22-9-10-24(28-27-22)29(2)20-12-18-6-7-19(13-20)26-18/h3-5,8-11,14,18-20,26,30H,6-7,12-13H2,1-2H3/t18-,19+,20?. The van der Waals surface area contributed by atoms with Gasteiger partial charge in [-0.1, -0.05) is 12.1 Å². The maximum atomic E-state index is 10.6. The van der Waals surface area contributed by atoms with Crippen LogP contribution in [0.15, 0.2) is 48.7 Å². The molecule has 5 rings (SSSR count). The van der Waals surface area contributed by atoms with Crippen LogP contribution in [0.3, 0.4) is 0 Å². The second-order valence-electron chi connectivity index (χ2n) is 8.57. The third-order valence-corrected chi connectivity index (χ3v) is 6.53. The topological polar surface area (TPSA) is 74.2 Å². The Morgan fingerprint density at radius 3 is 2.37 bits per heavy atom. The van der Waals surface area contributed by atoms with Gasteiger partial charge in [0.25, 0.3) is 0 Å². The average Bonchev–Trinajstić information content (AvgIpc) is 3.11. The fourth-order valence-electron chi connectivity index (χ4n) is 4.75.